The zero-order valence-electron chi connectivity index (χ0n) is 11.1. The number of aryl methyl sites for hydroxylation is 2. The highest BCUT2D eigenvalue weighted by Crippen LogP contribution is 2.28. The third kappa shape index (κ3) is 3.45. The monoisotopic (exact) mass is 263 g/mol. The van der Waals surface area contributed by atoms with Crippen LogP contribution in [0.5, 0.6) is 0 Å². The van der Waals surface area contributed by atoms with E-state index in [4.69, 9.17) is 0 Å². The molecule has 0 spiro atoms. The van der Waals surface area contributed by atoms with Crippen molar-refractivity contribution in [2.75, 3.05) is 6.54 Å². The fourth-order valence-corrected chi connectivity index (χ4v) is 3.44. The van der Waals surface area contributed by atoms with Gasteiger partial charge < -0.3 is 5.32 Å². The summed E-state index contributed by atoms with van der Waals surface area (Å²) in [5, 5.41) is 2.91. The summed E-state index contributed by atoms with van der Waals surface area (Å²) in [5.74, 6) is 0.0507. The summed E-state index contributed by atoms with van der Waals surface area (Å²) in [5.41, 5.74) is 2.39. The van der Waals surface area contributed by atoms with Gasteiger partial charge in [0.05, 0.1) is 4.88 Å². The first-order chi connectivity index (χ1) is 8.66. The van der Waals surface area contributed by atoms with Gasteiger partial charge in [-0.2, -0.15) is 0 Å². The Balaban J connectivity index is 2.07. The van der Waals surface area contributed by atoms with E-state index in [0.717, 1.165) is 23.3 Å². The van der Waals surface area contributed by atoms with Crippen molar-refractivity contribution in [1.82, 2.24) is 5.32 Å². The van der Waals surface area contributed by atoms with Gasteiger partial charge in [0, 0.05) is 11.4 Å². The molecule has 0 radical (unpaired) electrons. The summed E-state index contributed by atoms with van der Waals surface area (Å²) in [4.78, 5) is 14.3. The van der Waals surface area contributed by atoms with Gasteiger partial charge in [0.1, 0.15) is 0 Å². The van der Waals surface area contributed by atoms with Crippen LogP contribution >= 0.6 is 11.3 Å². The summed E-state index contributed by atoms with van der Waals surface area (Å²) >= 11 is 1.68. The maximum absolute atomic E-state index is 12.0. The highest BCUT2D eigenvalue weighted by Gasteiger charge is 2.15. The zero-order valence-corrected chi connectivity index (χ0v) is 11.9. The topological polar surface area (TPSA) is 29.1 Å². The van der Waals surface area contributed by atoms with E-state index in [9.17, 15) is 4.79 Å². The zero-order chi connectivity index (χ0) is 13.0. The summed E-state index contributed by atoms with van der Waals surface area (Å²) in [6.07, 6.45) is 7.46. The normalized spacial score (nSPS) is 15.4. The Labute approximate surface area is 113 Å². The van der Waals surface area contributed by atoms with Gasteiger partial charge in [0.15, 0.2) is 0 Å². The fourth-order valence-electron chi connectivity index (χ4n) is 2.27. The van der Waals surface area contributed by atoms with Gasteiger partial charge in [-0.3, -0.25) is 4.79 Å². The molecule has 1 aliphatic rings. The maximum Gasteiger partial charge on any atom is 0.261 e. The molecule has 3 heteroatoms. The van der Waals surface area contributed by atoms with Crippen molar-refractivity contribution in [3.63, 3.8) is 0 Å². The number of thiophene rings is 1. The van der Waals surface area contributed by atoms with Crippen molar-refractivity contribution in [3.05, 3.63) is 33.5 Å². The van der Waals surface area contributed by atoms with E-state index < -0.39 is 0 Å². The molecule has 0 atom stereocenters. The number of fused-ring (bicyclic) bond motifs is 1. The number of hydrogen-bond donors (Lipinski definition) is 1. The minimum atomic E-state index is 0.0507. The van der Waals surface area contributed by atoms with Gasteiger partial charge in [-0.25, -0.2) is 0 Å². The molecule has 18 heavy (non-hydrogen) atoms. The third-order valence-electron chi connectivity index (χ3n) is 3.27. The molecule has 1 amide bonds. The first-order valence-corrected chi connectivity index (χ1v) is 7.52. The Hall–Kier alpha value is -1.09. The van der Waals surface area contributed by atoms with E-state index in [1.165, 1.54) is 36.1 Å². The fraction of sp³-hybridized carbons (Fsp3) is 0.533. The minimum Gasteiger partial charge on any atom is -0.348 e. The first-order valence-electron chi connectivity index (χ1n) is 6.71. The smallest absolute Gasteiger partial charge is 0.261 e. The van der Waals surface area contributed by atoms with Crippen molar-refractivity contribution in [2.45, 2.75) is 45.4 Å². The van der Waals surface area contributed by atoms with Crippen molar-refractivity contribution < 1.29 is 4.79 Å². The average molecular weight is 263 g/mol. The van der Waals surface area contributed by atoms with E-state index in [2.05, 4.69) is 18.0 Å². The average Bonchev–Trinajstić information content (AvgIpc) is 2.68. The van der Waals surface area contributed by atoms with Crippen LogP contribution in [0.3, 0.4) is 0 Å². The largest absolute Gasteiger partial charge is 0.348 e. The summed E-state index contributed by atoms with van der Waals surface area (Å²) in [7, 11) is 0. The summed E-state index contributed by atoms with van der Waals surface area (Å²) in [6.45, 7) is 6.29. The van der Waals surface area contributed by atoms with Gasteiger partial charge in [-0.15, -0.1) is 11.3 Å². The molecule has 0 saturated heterocycles. The van der Waals surface area contributed by atoms with Gasteiger partial charge in [-0.05, 0) is 44.2 Å². The molecule has 1 aromatic heterocycles. The first kappa shape index (κ1) is 13.3. The van der Waals surface area contributed by atoms with Gasteiger partial charge in [0.2, 0.25) is 0 Å². The lowest BCUT2D eigenvalue weighted by molar-refractivity contribution is 0.0961. The van der Waals surface area contributed by atoms with Crippen LogP contribution in [0.2, 0.25) is 0 Å². The van der Waals surface area contributed by atoms with E-state index in [1.807, 2.05) is 6.92 Å². The molecule has 98 valence electrons. The number of carbonyl (C=O) groups is 1. The van der Waals surface area contributed by atoms with Crippen LogP contribution in [0, 0.1) is 0 Å². The summed E-state index contributed by atoms with van der Waals surface area (Å²) < 4.78 is 0. The molecule has 0 aliphatic heterocycles. The SMILES string of the molecule is C=C(C)CNC(=O)c1cc2c(s1)CCCCCC2. The van der Waals surface area contributed by atoms with Gasteiger partial charge in [0.25, 0.3) is 5.91 Å². The van der Waals surface area contributed by atoms with Crippen molar-refractivity contribution in [3.8, 4) is 0 Å². The van der Waals surface area contributed by atoms with Crippen molar-refractivity contribution in [2.24, 2.45) is 0 Å². The Bertz CT molecular complexity index is 422. The minimum absolute atomic E-state index is 0.0507. The van der Waals surface area contributed by atoms with Crippen LogP contribution in [-0.4, -0.2) is 12.5 Å². The lowest BCUT2D eigenvalue weighted by Gasteiger charge is -2.07. The molecule has 1 aromatic rings. The molecule has 0 bridgehead atoms. The molecule has 0 unspecified atom stereocenters. The van der Waals surface area contributed by atoms with Crippen molar-refractivity contribution in [1.29, 1.82) is 0 Å². The van der Waals surface area contributed by atoms with Crippen LogP contribution in [0.15, 0.2) is 18.2 Å². The van der Waals surface area contributed by atoms with Gasteiger partial charge in [-0.1, -0.05) is 25.0 Å². The van der Waals surface area contributed by atoms with E-state index in [0.29, 0.717) is 6.54 Å². The maximum atomic E-state index is 12.0. The van der Waals surface area contributed by atoms with E-state index in [-0.39, 0.29) is 5.91 Å². The predicted molar refractivity (Wildman–Crippen MR) is 77.3 cm³/mol. The molecular weight excluding hydrogens is 242 g/mol. The molecule has 2 nitrogen and oxygen atoms in total. The Morgan fingerprint density at radius 2 is 2.06 bits per heavy atom. The molecule has 0 aromatic carbocycles. The van der Waals surface area contributed by atoms with Crippen LogP contribution in [0.4, 0.5) is 0 Å². The number of hydrogen-bond acceptors (Lipinski definition) is 2. The number of nitrogens with one attached hydrogen (secondary N) is 1. The molecular formula is C15H21NOS. The Morgan fingerprint density at radius 3 is 2.78 bits per heavy atom. The highest BCUT2D eigenvalue weighted by atomic mass is 32.1. The molecule has 1 N–H and O–H groups in total. The Kier molecular flexibility index (Phi) is 4.59. The Morgan fingerprint density at radius 1 is 1.33 bits per heavy atom. The number of carbonyl (C=O) groups excluding carboxylic acids is 1. The molecule has 0 fully saturated rings. The second kappa shape index (κ2) is 6.19. The van der Waals surface area contributed by atoms with Crippen molar-refractivity contribution >= 4 is 17.2 Å². The van der Waals surface area contributed by atoms with E-state index >= 15 is 0 Å². The predicted octanol–water partition coefficient (Wildman–Crippen LogP) is 3.71. The lowest BCUT2D eigenvalue weighted by Crippen LogP contribution is -2.23. The highest BCUT2D eigenvalue weighted by molar-refractivity contribution is 7.14. The molecule has 2 rings (SSSR count). The molecule has 0 saturated carbocycles. The molecule has 1 aliphatic carbocycles. The summed E-state index contributed by atoms with van der Waals surface area (Å²) in [6, 6.07) is 2.10. The van der Waals surface area contributed by atoms with Crippen LogP contribution in [0.1, 0.15) is 52.7 Å². The second-order valence-corrected chi connectivity index (χ2v) is 6.25. The second-order valence-electron chi connectivity index (χ2n) is 5.11. The standard InChI is InChI=1S/C15H21NOS/c1-11(2)10-16-15(17)14-9-12-7-5-3-4-6-8-13(12)18-14/h9H,1,3-8,10H2,2H3,(H,16,17). The number of rotatable bonds is 3. The lowest BCUT2D eigenvalue weighted by atomic mass is 10.00. The van der Waals surface area contributed by atoms with Crippen LogP contribution in [0.25, 0.3) is 0 Å². The van der Waals surface area contributed by atoms with E-state index in [1.54, 1.807) is 11.3 Å². The quantitative estimate of drug-likeness (QED) is 0.828. The third-order valence-corrected chi connectivity index (χ3v) is 4.51. The van der Waals surface area contributed by atoms with Crippen LogP contribution in [-0.2, 0) is 12.8 Å². The molecule has 1 heterocycles. The van der Waals surface area contributed by atoms with Crippen LogP contribution < -0.4 is 5.32 Å². The van der Waals surface area contributed by atoms with Gasteiger partial charge >= 0.3 is 0 Å². The number of amides is 1.